The van der Waals surface area contributed by atoms with E-state index in [4.69, 9.17) is 18.9 Å². The maximum Gasteiger partial charge on any atom is 0.204 e. The molecule has 9 nitrogen and oxygen atoms in total. The molecule has 1 fully saturated rings. The zero-order chi connectivity index (χ0) is 22.6. The Morgan fingerprint density at radius 3 is 2.37 bits per heavy atom. The van der Waals surface area contributed by atoms with E-state index >= 15 is 0 Å². The van der Waals surface area contributed by atoms with Gasteiger partial charge in [-0.3, -0.25) is 4.79 Å². The van der Waals surface area contributed by atoms with Crippen LogP contribution >= 0.6 is 0 Å². The molecule has 0 saturated carbocycles. The van der Waals surface area contributed by atoms with E-state index < -0.39 is 42.5 Å². The molecule has 2 aliphatic rings. The van der Waals surface area contributed by atoms with Crippen LogP contribution in [0.15, 0.2) is 23.2 Å². The average molecular weight is 430 g/mol. The Hall–Kier alpha value is -1.49. The molecule has 172 valence electrons. The molecule has 1 aliphatic heterocycles. The van der Waals surface area contributed by atoms with Gasteiger partial charge >= 0.3 is 0 Å². The van der Waals surface area contributed by atoms with Gasteiger partial charge in [-0.2, -0.15) is 0 Å². The van der Waals surface area contributed by atoms with Crippen LogP contribution in [-0.2, 0) is 23.7 Å². The van der Waals surface area contributed by atoms with Crippen LogP contribution in [0.25, 0.3) is 0 Å². The van der Waals surface area contributed by atoms with Crippen LogP contribution in [0, 0.1) is 17.8 Å². The highest BCUT2D eigenvalue weighted by atomic mass is 16.7. The Morgan fingerprint density at radius 1 is 1.13 bits per heavy atom. The molecule has 1 saturated heterocycles. The third-order valence-corrected chi connectivity index (χ3v) is 6.06. The number of hydrogen-bond donors (Lipinski definition) is 4. The molecule has 0 radical (unpaired) electrons. The van der Waals surface area contributed by atoms with Gasteiger partial charge in [-0.1, -0.05) is 25.5 Å². The van der Waals surface area contributed by atoms with Crippen molar-refractivity contribution in [2.24, 2.45) is 17.8 Å². The van der Waals surface area contributed by atoms with E-state index in [1.54, 1.807) is 13.8 Å². The summed E-state index contributed by atoms with van der Waals surface area (Å²) in [7, 11) is 2.76. The molecule has 1 aliphatic carbocycles. The largest absolute Gasteiger partial charge is 0.494 e. The number of allylic oxidation sites excluding steroid dienone is 2. The summed E-state index contributed by atoms with van der Waals surface area (Å²) in [6, 6.07) is 0. The molecule has 1 heterocycles. The summed E-state index contributed by atoms with van der Waals surface area (Å²) in [5.41, 5.74) is 0.798. The summed E-state index contributed by atoms with van der Waals surface area (Å²) >= 11 is 0. The predicted molar refractivity (Wildman–Crippen MR) is 106 cm³/mol. The summed E-state index contributed by atoms with van der Waals surface area (Å²) in [4.78, 5) is 12.5. The smallest absolute Gasteiger partial charge is 0.204 e. The Balaban J connectivity index is 2.00. The lowest BCUT2D eigenvalue weighted by molar-refractivity contribution is -0.285. The zero-order valence-corrected chi connectivity index (χ0v) is 18.1. The maximum absolute atomic E-state index is 12.5. The van der Waals surface area contributed by atoms with Crippen molar-refractivity contribution in [1.29, 1.82) is 0 Å². The highest BCUT2D eigenvalue weighted by Gasteiger charge is 2.43. The van der Waals surface area contributed by atoms with Crippen LogP contribution in [0.5, 0.6) is 0 Å². The van der Waals surface area contributed by atoms with E-state index in [1.807, 2.05) is 13.0 Å². The number of carbonyl (C=O) groups is 1. The molecule has 0 spiro atoms. The van der Waals surface area contributed by atoms with Gasteiger partial charge < -0.3 is 39.4 Å². The Bertz CT molecular complexity index is 657. The molecule has 0 bridgehead atoms. The van der Waals surface area contributed by atoms with E-state index in [0.717, 1.165) is 5.57 Å². The van der Waals surface area contributed by atoms with E-state index in [-0.39, 0.29) is 36.4 Å². The number of ketones is 1. The number of aliphatic hydroxyl groups excluding tert-OH is 4. The monoisotopic (exact) mass is 430 g/mol. The standard InChI is InChI=1S/C21H34O9/c1-10(9-29-21-18(26)15(23)12(3)14(8-22)30-21)6-7-13-11(2)16(24)19(27-4)20(28-5)17(13)25/h6,11-15,17-18,21-23,25-26H,7-9H2,1-5H3/b10-6+/t11?,12-,13?,14?,15?,17?,18+,21-/m0/s1. The lowest BCUT2D eigenvalue weighted by Gasteiger charge is -2.40. The second-order valence-corrected chi connectivity index (χ2v) is 8.03. The fourth-order valence-electron chi connectivity index (χ4n) is 3.90. The van der Waals surface area contributed by atoms with Crippen molar-refractivity contribution in [2.45, 2.75) is 57.9 Å². The Labute approximate surface area is 176 Å². The molecule has 0 aromatic carbocycles. The minimum atomic E-state index is -1.23. The second-order valence-electron chi connectivity index (χ2n) is 8.03. The molecule has 30 heavy (non-hydrogen) atoms. The topological polar surface area (TPSA) is 135 Å². The molecule has 0 aromatic rings. The number of ether oxygens (including phenoxy) is 4. The van der Waals surface area contributed by atoms with Gasteiger partial charge in [0.05, 0.1) is 39.6 Å². The van der Waals surface area contributed by atoms with Gasteiger partial charge in [0.25, 0.3) is 0 Å². The van der Waals surface area contributed by atoms with Crippen LogP contribution in [0.4, 0.5) is 0 Å². The molecule has 0 amide bonds. The number of carbonyl (C=O) groups excluding carboxylic acids is 1. The quantitative estimate of drug-likeness (QED) is 0.396. The van der Waals surface area contributed by atoms with Gasteiger partial charge in [0.15, 0.2) is 12.0 Å². The molecule has 8 atom stereocenters. The van der Waals surface area contributed by atoms with Crippen LogP contribution in [-0.4, -0.2) is 84.3 Å². The van der Waals surface area contributed by atoms with Crippen molar-refractivity contribution in [3.63, 3.8) is 0 Å². The second kappa shape index (κ2) is 10.7. The SMILES string of the molecule is COC1=C(OC)C(O)C(C/C=C(\C)CO[C@H]2OC(CO)[C@H](C)C(O)[C@H]2O)C(C)C1=O. The first-order chi connectivity index (χ1) is 14.2. The molecular formula is C21H34O9. The third kappa shape index (κ3) is 5.04. The normalized spacial score (nSPS) is 38.0. The molecular weight excluding hydrogens is 396 g/mol. The van der Waals surface area contributed by atoms with Gasteiger partial charge in [0, 0.05) is 17.8 Å². The molecule has 2 rings (SSSR count). The number of aliphatic hydroxyl groups is 4. The highest BCUT2D eigenvalue weighted by Crippen LogP contribution is 2.35. The molecule has 0 aromatic heterocycles. The molecule has 5 unspecified atom stereocenters. The summed E-state index contributed by atoms with van der Waals surface area (Å²) < 4.78 is 21.4. The number of hydrogen-bond acceptors (Lipinski definition) is 9. The predicted octanol–water partition coefficient (Wildman–Crippen LogP) is 0.115. The van der Waals surface area contributed by atoms with Gasteiger partial charge in [-0.15, -0.1) is 0 Å². The van der Waals surface area contributed by atoms with Crippen molar-refractivity contribution in [2.75, 3.05) is 27.4 Å². The van der Waals surface area contributed by atoms with Crippen molar-refractivity contribution in [3.8, 4) is 0 Å². The average Bonchev–Trinajstić information content (AvgIpc) is 2.73. The van der Waals surface area contributed by atoms with Crippen LogP contribution < -0.4 is 0 Å². The van der Waals surface area contributed by atoms with Crippen molar-refractivity contribution < 1.29 is 44.2 Å². The Morgan fingerprint density at radius 2 is 1.80 bits per heavy atom. The minimum absolute atomic E-state index is 0.0486. The van der Waals surface area contributed by atoms with Crippen molar-refractivity contribution in [1.82, 2.24) is 0 Å². The van der Waals surface area contributed by atoms with Crippen molar-refractivity contribution >= 4 is 5.78 Å². The molecule has 4 N–H and O–H groups in total. The summed E-state index contributed by atoms with van der Waals surface area (Å²) in [6.07, 6.45) is -2.71. The summed E-state index contributed by atoms with van der Waals surface area (Å²) in [5.74, 6) is -1.31. The summed E-state index contributed by atoms with van der Waals surface area (Å²) in [5, 5.41) is 40.3. The third-order valence-electron chi connectivity index (χ3n) is 6.06. The van der Waals surface area contributed by atoms with E-state index in [1.165, 1.54) is 14.2 Å². The summed E-state index contributed by atoms with van der Waals surface area (Å²) in [6.45, 7) is 5.07. The zero-order valence-electron chi connectivity index (χ0n) is 18.1. The Kier molecular flexibility index (Phi) is 8.84. The van der Waals surface area contributed by atoms with E-state index in [0.29, 0.717) is 6.42 Å². The van der Waals surface area contributed by atoms with Gasteiger partial charge in [0.1, 0.15) is 12.2 Å². The van der Waals surface area contributed by atoms with Gasteiger partial charge in [-0.25, -0.2) is 0 Å². The number of Topliss-reactive ketones (excluding diaryl/α,β-unsaturated/α-hetero) is 1. The van der Waals surface area contributed by atoms with E-state index in [9.17, 15) is 25.2 Å². The lowest BCUT2D eigenvalue weighted by Crippen LogP contribution is -2.55. The van der Waals surface area contributed by atoms with Gasteiger partial charge in [-0.05, 0) is 13.3 Å². The van der Waals surface area contributed by atoms with Crippen LogP contribution in [0.2, 0.25) is 0 Å². The first-order valence-corrected chi connectivity index (χ1v) is 10.1. The lowest BCUT2D eigenvalue weighted by atomic mass is 9.77. The number of rotatable bonds is 8. The van der Waals surface area contributed by atoms with Crippen LogP contribution in [0.3, 0.4) is 0 Å². The molecule has 9 heteroatoms. The van der Waals surface area contributed by atoms with Crippen LogP contribution in [0.1, 0.15) is 27.2 Å². The highest BCUT2D eigenvalue weighted by molar-refractivity contribution is 5.97. The fourth-order valence-corrected chi connectivity index (χ4v) is 3.90. The first-order valence-electron chi connectivity index (χ1n) is 10.1. The first kappa shape index (κ1) is 24.8. The minimum Gasteiger partial charge on any atom is -0.494 e. The van der Waals surface area contributed by atoms with Crippen molar-refractivity contribution in [3.05, 3.63) is 23.2 Å². The maximum atomic E-state index is 12.5. The van der Waals surface area contributed by atoms with Gasteiger partial charge in [0.2, 0.25) is 11.5 Å². The number of methoxy groups -OCH3 is 2. The fraction of sp³-hybridized carbons (Fsp3) is 0.762. The van der Waals surface area contributed by atoms with E-state index in [2.05, 4.69) is 0 Å².